The van der Waals surface area contributed by atoms with Crippen molar-refractivity contribution in [2.75, 3.05) is 26.1 Å². The van der Waals surface area contributed by atoms with Crippen molar-refractivity contribution in [3.05, 3.63) is 10.6 Å². The molecule has 0 amide bonds. The molecule has 1 aliphatic carbocycles. The van der Waals surface area contributed by atoms with Gasteiger partial charge in [0, 0.05) is 13.7 Å². The Bertz CT molecular complexity index is 427. The van der Waals surface area contributed by atoms with Gasteiger partial charge in [-0.05, 0) is 25.7 Å². The van der Waals surface area contributed by atoms with Crippen LogP contribution in [-0.4, -0.2) is 37.8 Å². The van der Waals surface area contributed by atoms with Crippen LogP contribution < -0.4 is 5.32 Å². The molecule has 0 bridgehead atoms. The van der Waals surface area contributed by atoms with Gasteiger partial charge in [-0.15, -0.1) is 0 Å². The van der Waals surface area contributed by atoms with E-state index in [4.69, 9.17) is 9.47 Å². The number of nitrogens with zero attached hydrogens (tertiary/aromatic N) is 1. The molecular formula is C12H18N2O3S. The number of anilines is 1. The highest BCUT2D eigenvalue weighted by Crippen LogP contribution is 2.30. The summed E-state index contributed by atoms with van der Waals surface area (Å²) >= 11 is 1.35. The number of ether oxygens (including phenoxy) is 2. The third-order valence-electron chi connectivity index (χ3n) is 3.24. The topological polar surface area (TPSA) is 60.5 Å². The van der Waals surface area contributed by atoms with Gasteiger partial charge < -0.3 is 14.8 Å². The number of carbonyl (C=O) groups is 1. The summed E-state index contributed by atoms with van der Waals surface area (Å²) in [5.74, 6) is 0.321. The normalized spacial score (nSPS) is 22.4. The lowest BCUT2D eigenvalue weighted by Gasteiger charge is -2.34. The van der Waals surface area contributed by atoms with Gasteiger partial charge in [-0.3, -0.25) is 0 Å². The van der Waals surface area contributed by atoms with Crippen LogP contribution in [0.25, 0.3) is 0 Å². The highest BCUT2D eigenvalue weighted by molar-refractivity contribution is 7.17. The van der Waals surface area contributed by atoms with Crippen molar-refractivity contribution in [1.82, 2.24) is 4.98 Å². The Morgan fingerprint density at radius 2 is 2.22 bits per heavy atom. The van der Waals surface area contributed by atoms with Crippen LogP contribution in [0.15, 0.2) is 0 Å². The summed E-state index contributed by atoms with van der Waals surface area (Å²) in [6, 6.07) is 0. The highest BCUT2D eigenvalue weighted by Gasteiger charge is 2.28. The summed E-state index contributed by atoms with van der Waals surface area (Å²) in [6.07, 6.45) is 2.61. The number of aromatic nitrogens is 1. The van der Waals surface area contributed by atoms with E-state index in [0.717, 1.165) is 30.2 Å². The Morgan fingerprint density at radius 3 is 2.83 bits per heavy atom. The van der Waals surface area contributed by atoms with E-state index in [9.17, 15) is 4.79 Å². The van der Waals surface area contributed by atoms with Crippen molar-refractivity contribution < 1.29 is 14.3 Å². The zero-order valence-electron chi connectivity index (χ0n) is 10.9. The Hall–Kier alpha value is -1.14. The van der Waals surface area contributed by atoms with Crippen LogP contribution in [0.5, 0.6) is 0 Å². The van der Waals surface area contributed by atoms with E-state index >= 15 is 0 Å². The summed E-state index contributed by atoms with van der Waals surface area (Å²) in [5.41, 5.74) is 0.720. The lowest BCUT2D eigenvalue weighted by atomic mass is 9.82. The van der Waals surface area contributed by atoms with E-state index in [1.54, 1.807) is 7.11 Å². The van der Waals surface area contributed by atoms with E-state index in [2.05, 4.69) is 10.3 Å². The molecule has 1 aliphatic rings. The molecule has 0 unspecified atom stereocenters. The SMILES string of the molecule is COC(=O)c1sc(NCC2CC(OC)C2)nc1C. The van der Waals surface area contributed by atoms with Gasteiger partial charge in [0.15, 0.2) is 5.13 Å². The van der Waals surface area contributed by atoms with Crippen LogP contribution in [0.1, 0.15) is 28.2 Å². The number of esters is 1. The first kappa shape index (κ1) is 13.3. The Kier molecular flexibility index (Phi) is 4.19. The van der Waals surface area contributed by atoms with E-state index in [1.807, 2.05) is 6.92 Å². The number of methoxy groups -OCH3 is 2. The van der Waals surface area contributed by atoms with Crippen LogP contribution in [0.3, 0.4) is 0 Å². The molecule has 100 valence electrons. The van der Waals surface area contributed by atoms with Crippen molar-refractivity contribution in [2.45, 2.75) is 25.9 Å². The van der Waals surface area contributed by atoms with Crippen molar-refractivity contribution in [1.29, 1.82) is 0 Å². The minimum Gasteiger partial charge on any atom is -0.465 e. The first-order valence-electron chi connectivity index (χ1n) is 5.96. The van der Waals surface area contributed by atoms with Crippen LogP contribution in [0.4, 0.5) is 5.13 Å². The molecule has 0 aromatic carbocycles. The minimum absolute atomic E-state index is 0.318. The molecular weight excluding hydrogens is 252 g/mol. The molecule has 0 spiro atoms. The predicted molar refractivity (Wildman–Crippen MR) is 70.2 cm³/mol. The van der Waals surface area contributed by atoms with E-state index < -0.39 is 0 Å². The third-order valence-corrected chi connectivity index (χ3v) is 4.33. The molecule has 1 aromatic heterocycles. The van der Waals surface area contributed by atoms with Gasteiger partial charge in [-0.1, -0.05) is 11.3 Å². The molecule has 0 aliphatic heterocycles. The fourth-order valence-electron chi connectivity index (χ4n) is 2.02. The average Bonchev–Trinajstić information content (AvgIpc) is 2.68. The van der Waals surface area contributed by atoms with Crippen molar-refractivity contribution in [3.63, 3.8) is 0 Å². The Morgan fingerprint density at radius 1 is 1.50 bits per heavy atom. The average molecular weight is 270 g/mol. The lowest BCUT2D eigenvalue weighted by molar-refractivity contribution is 0.00563. The first-order valence-corrected chi connectivity index (χ1v) is 6.78. The maximum absolute atomic E-state index is 11.4. The van der Waals surface area contributed by atoms with E-state index in [1.165, 1.54) is 18.4 Å². The van der Waals surface area contributed by atoms with Crippen LogP contribution in [-0.2, 0) is 9.47 Å². The summed E-state index contributed by atoms with van der Waals surface area (Å²) in [5, 5.41) is 4.06. The number of thiazole rings is 1. The largest absolute Gasteiger partial charge is 0.465 e. The second-order valence-electron chi connectivity index (χ2n) is 4.50. The third kappa shape index (κ3) is 2.81. The monoisotopic (exact) mass is 270 g/mol. The summed E-state index contributed by atoms with van der Waals surface area (Å²) in [6.45, 7) is 2.70. The molecule has 1 aromatic rings. The van der Waals surface area contributed by atoms with Gasteiger partial charge in [0.25, 0.3) is 0 Å². The second kappa shape index (κ2) is 5.67. The summed E-state index contributed by atoms with van der Waals surface area (Å²) in [7, 11) is 3.13. The van der Waals surface area contributed by atoms with Gasteiger partial charge >= 0.3 is 5.97 Å². The number of hydrogen-bond donors (Lipinski definition) is 1. The maximum Gasteiger partial charge on any atom is 0.350 e. The van der Waals surface area contributed by atoms with Crippen LogP contribution >= 0.6 is 11.3 Å². The summed E-state index contributed by atoms with van der Waals surface area (Å²) in [4.78, 5) is 16.3. The molecule has 2 rings (SSSR count). The Balaban J connectivity index is 1.85. The van der Waals surface area contributed by atoms with Crippen molar-refractivity contribution >= 4 is 22.4 Å². The van der Waals surface area contributed by atoms with Crippen molar-refractivity contribution in [3.8, 4) is 0 Å². The molecule has 1 fully saturated rings. The molecule has 1 N–H and O–H groups in total. The first-order chi connectivity index (χ1) is 8.63. The fourth-order valence-corrected chi connectivity index (χ4v) is 2.91. The number of rotatable bonds is 5. The molecule has 18 heavy (non-hydrogen) atoms. The van der Waals surface area contributed by atoms with Gasteiger partial charge in [-0.25, -0.2) is 9.78 Å². The Labute approximate surface area is 111 Å². The molecule has 0 atom stereocenters. The fraction of sp³-hybridized carbons (Fsp3) is 0.667. The second-order valence-corrected chi connectivity index (χ2v) is 5.50. The maximum atomic E-state index is 11.4. The molecule has 1 heterocycles. The number of hydrogen-bond acceptors (Lipinski definition) is 6. The minimum atomic E-state index is -0.318. The summed E-state index contributed by atoms with van der Waals surface area (Å²) < 4.78 is 9.94. The van der Waals surface area contributed by atoms with Gasteiger partial charge in [0.1, 0.15) is 4.88 Å². The standard InChI is InChI=1S/C12H18N2O3S/c1-7-10(11(15)17-3)18-12(14-7)13-6-8-4-9(5-8)16-2/h8-9H,4-6H2,1-3H3,(H,13,14). The van der Waals surface area contributed by atoms with Crippen LogP contribution in [0, 0.1) is 12.8 Å². The number of carbonyl (C=O) groups excluding carboxylic acids is 1. The quantitative estimate of drug-likeness (QED) is 0.830. The lowest BCUT2D eigenvalue weighted by Crippen LogP contribution is -2.34. The van der Waals surface area contributed by atoms with Gasteiger partial charge in [-0.2, -0.15) is 0 Å². The van der Waals surface area contributed by atoms with Gasteiger partial charge in [0.05, 0.1) is 18.9 Å². The zero-order chi connectivity index (χ0) is 13.1. The van der Waals surface area contributed by atoms with Crippen molar-refractivity contribution in [2.24, 2.45) is 5.92 Å². The number of aryl methyl sites for hydroxylation is 1. The van der Waals surface area contributed by atoms with Crippen LogP contribution in [0.2, 0.25) is 0 Å². The zero-order valence-corrected chi connectivity index (χ0v) is 11.7. The molecule has 6 heteroatoms. The molecule has 0 radical (unpaired) electrons. The molecule has 1 saturated carbocycles. The molecule has 5 nitrogen and oxygen atoms in total. The predicted octanol–water partition coefficient (Wildman–Crippen LogP) is 2.08. The van der Waals surface area contributed by atoms with E-state index in [-0.39, 0.29) is 5.97 Å². The van der Waals surface area contributed by atoms with Gasteiger partial charge in [0.2, 0.25) is 0 Å². The van der Waals surface area contributed by atoms with E-state index in [0.29, 0.717) is 16.9 Å². The molecule has 0 saturated heterocycles. The smallest absolute Gasteiger partial charge is 0.350 e. The highest BCUT2D eigenvalue weighted by atomic mass is 32.1. The number of nitrogens with one attached hydrogen (secondary N) is 1.